The van der Waals surface area contributed by atoms with Crippen molar-refractivity contribution in [2.75, 3.05) is 0 Å². The summed E-state index contributed by atoms with van der Waals surface area (Å²) in [5.41, 5.74) is 1.83. The Balaban J connectivity index is 1.56. The fourth-order valence-corrected chi connectivity index (χ4v) is 4.73. The van der Waals surface area contributed by atoms with Crippen LogP contribution in [0.15, 0.2) is 17.1 Å². The number of hydrogen-bond acceptors (Lipinski definition) is 4. The van der Waals surface area contributed by atoms with E-state index in [4.69, 9.17) is 5.26 Å². The Hall–Kier alpha value is -2.13. The smallest absolute Gasteiger partial charge is 0.272 e. The van der Waals surface area contributed by atoms with Crippen molar-refractivity contribution in [3.05, 3.63) is 33.9 Å². The van der Waals surface area contributed by atoms with Gasteiger partial charge in [-0.1, -0.05) is 25.7 Å². The number of hydrogen-bond donors (Lipinski definition) is 2. The van der Waals surface area contributed by atoms with Crippen molar-refractivity contribution in [1.82, 2.24) is 19.9 Å². The van der Waals surface area contributed by atoms with Crippen LogP contribution in [0, 0.1) is 16.7 Å². The van der Waals surface area contributed by atoms with Gasteiger partial charge in [0.2, 0.25) is 0 Å². The minimum atomic E-state index is -0.169. The largest absolute Gasteiger partial charge is 0.308 e. The van der Waals surface area contributed by atoms with E-state index in [1.807, 2.05) is 0 Å². The number of fused-ring (bicyclic) bond motifs is 1. The number of aromatic nitrogens is 3. The molecule has 0 aromatic carbocycles. The molecule has 24 heavy (non-hydrogen) atoms. The summed E-state index contributed by atoms with van der Waals surface area (Å²) < 4.78 is 1.32. The molecule has 0 aliphatic heterocycles. The molecule has 1 unspecified atom stereocenters. The van der Waals surface area contributed by atoms with Crippen LogP contribution in [-0.2, 0) is 6.54 Å². The maximum atomic E-state index is 12.2. The number of H-pyrrole nitrogens is 1. The van der Waals surface area contributed by atoms with Crippen LogP contribution in [0.3, 0.4) is 0 Å². The van der Waals surface area contributed by atoms with Gasteiger partial charge in [0.05, 0.1) is 5.69 Å². The predicted octanol–water partition coefficient (Wildman–Crippen LogP) is 2.49. The van der Waals surface area contributed by atoms with Crippen LogP contribution < -0.4 is 10.9 Å². The van der Waals surface area contributed by atoms with Crippen molar-refractivity contribution in [1.29, 1.82) is 5.26 Å². The molecule has 2 aliphatic carbocycles. The van der Waals surface area contributed by atoms with Gasteiger partial charge >= 0.3 is 0 Å². The second-order valence-corrected chi connectivity index (χ2v) is 7.29. The zero-order valence-electron chi connectivity index (χ0n) is 13.8. The summed E-state index contributed by atoms with van der Waals surface area (Å²) in [4.78, 5) is 16.7. The number of nitriles is 1. The average molecular weight is 325 g/mol. The summed E-state index contributed by atoms with van der Waals surface area (Å²) in [6.45, 7) is 0.591. The molecule has 2 aliphatic rings. The van der Waals surface area contributed by atoms with E-state index in [0.29, 0.717) is 29.2 Å². The second-order valence-electron chi connectivity index (χ2n) is 7.29. The molecule has 6 nitrogen and oxygen atoms in total. The predicted molar refractivity (Wildman–Crippen MR) is 90.5 cm³/mol. The Kier molecular flexibility index (Phi) is 3.89. The third kappa shape index (κ3) is 2.53. The molecule has 2 heterocycles. The molecule has 0 amide bonds. The minimum absolute atomic E-state index is 0.169. The SMILES string of the molecule is N#Cc1c[nH]n2c(=O)cc(CNC3CCCCC34CCCC4)nc12. The van der Waals surface area contributed by atoms with E-state index in [0.717, 1.165) is 5.69 Å². The van der Waals surface area contributed by atoms with Gasteiger partial charge in [0.1, 0.15) is 11.6 Å². The van der Waals surface area contributed by atoms with E-state index in [1.54, 1.807) is 6.07 Å². The van der Waals surface area contributed by atoms with Crippen LogP contribution in [-0.4, -0.2) is 20.6 Å². The van der Waals surface area contributed by atoms with E-state index >= 15 is 0 Å². The van der Waals surface area contributed by atoms with E-state index in [2.05, 4.69) is 21.5 Å². The number of rotatable bonds is 3. The Bertz CT molecular complexity index is 837. The van der Waals surface area contributed by atoms with Gasteiger partial charge in [-0.05, 0) is 31.1 Å². The van der Waals surface area contributed by atoms with Gasteiger partial charge in [-0.2, -0.15) is 5.26 Å². The second kappa shape index (κ2) is 6.06. The third-order valence-electron chi connectivity index (χ3n) is 5.96. The summed E-state index contributed by atoms with van der Waals surface area (Å²) in [6.07, 6.45) is 12.0. The molecule has 0 saturated heterocycles. The summed E-state index contributed by atoms with van der Waals surface area (Å²) >= 11 is 0. The molecule has 2 N–H and O–H groups in total. The first-order chi connectivity index (χ1) is 11.7. The third-order valence-corrected chi connectivity index (χ3v) is 5.96. The number of nitrogens with zero attached hydrogens (tertiary/aromatic N) is 3. The zero-order chi connectivity index (χ0) is 16.6. The van der Waals surface area contributed by atoms with Crippen LogP contribution in [0.2, 0.25) is 0 Å². The molecule has 126 valence electrons. The zero-order valence-corrected chi connectivity index (χ0v) is 13.8. The van der Waals surface area contributed by atoms with Gasteiger partial charge in [0.25, 0.3) is 5.56 Å². The lowest BCUT2D eigenvalue weighted by atomic mass is 9.69. The normalized spacial score (nSPS) is 22.9. The lowest BCUT2D eigenvalue weighted by Crippen LogP contribution is -2.46. The topological polar surface area (TPSA) is 86.0 Å². The maximum Gasteiger partial charge on any atom is 0.272 e. The van der Waals surface area contributed by atoms with Crippen molar-refractivity contribution in [2.45, 2.75) is 64.0 Å². The van der Waals surface area contributed by atoms with Crippen LogP contribution in [0.25, 0.3) is 5.65 Å². The van der Waals surface area contributed by atoms with E-state index < -0.39 is 0 Å². The lowest BCUT2D eigenvalue weighted by molar-refractivity contribution is 0.129. The standard InChI is InChI=1S/C18H23N5O/c19-10-13-11-21-23-16(24)9-14(22-17(13)23)12-20-15-5-1-2-6-18(15)7-3-4-8-18/h9,11,15,20-21H,1-8,12H2. The lowest BCUT2D eigenvalue weighted by Gasteiger charge is -2.42. The van der Waals surface area contributed by atoms with Gasteiger partial charge in [0.15, 0.2) is 5.65 Å². The van der Waals surface area contributed by atoms with Crippen molar-refractivity contribution < 1.29 is 0 Å². The monoisotopic (exact) mass is 325 g/mol. The van der Waals surface area contributed by atoms with Crippen LogP contribution in [0.5, 0.6) is 0 Å². The number of nitrogens with one attached hydrogen (secondary N) is 2. The maximum absolute atomic E-state index is 12.2. The summed E-state index contributed by atoms with van der Waals surface area (Å²) in [5, 5.41) is 15.6. The number of aromatic amines is 1. The van der Waals surface area contributed by atoms with Gasteiger partial charge in [0, 0.05) is 24.8 Å². The molecule has 6 heteroatoms. The Morgan fingerprint density at radius 1 is 1.33 bits per heavy atom. The molecule has 1 atom stereocenters. The highest BCUT2D eigenvalue weighted by Crippen LogP contribution is 2.49. The molecular weight excluding hydrogens is 302 g/mol. The fourth-order valence-electron chi connectivity index (χ4n) is 4.73. The van der Waals surface area contributed by atoms with Crippen LogP contribution >= 0.6 is 0 Å². The van der Waals surface area contributed by atoms with Crippen molar-refractivity contribution in [3.63, 3.8) is 0 Å². The highest BCUT2D eigenvalue weighted by Gasteiger charge is 2.42. The molecule has 0 bridgehead atoms. The Labute approximate surface area is 140 Å². The van der Waals surface area contributed by atoms with Gasteiger partial charge < -0.3 is 5.32 Å². The van der Waals surface area contributed by atoms with Gasteiger partial charge in [-0.3, -0.25) is 9.89 Å². The quantitative estimate of drug-likeness (QED) is 0.908. The summed E-state index contributed by atoms with van der Waals surface area (Å²) in [7, 11) is 0. The molecule has 2 aromatic heterocycles. The summed E-state index contributed by atoms with van der Waals surface area (Å²) in [5.74, 6) is 0. The van der Waals surface area contributed by atoms with Crippen molar-refractivity contribution >= 4 is 5.65 Å². The van der Waals surface area contributed by atoms with E-state index in [1.165, 1.54) is 62.1 Å². The van der Waals surface area contributed by atoms with Crippen LogP contribution in [0.4, 0.5) is 0 Å². The molecule has 2 saturated carbocycles. The van der Waals surface area contributed by atoms with Crippen molar-refractivity contribution in [3.8, 4) is 6.07 Å². The molecule has 1 spiro atoms. The first kappa shape index (κ1) is 15.4. The Morgan fingerprint density at radius 3 is 2.83 bits per heavy atom. The van der Waals surface area contributed by atoms with Crippen LogP contribution in [0.1, 0.15) is 62.6 Å². The highest BCUT2D eigenvalue weighted by atomic mass is 16.1. The fraction of sp³-hybridized carbons (Fsp3) is 0.611. The first-order valence-electron chi connectivity index (χ1n) is 8.95. The Morgan fingerprint density at radius 2 is 2.08 bits per heavy atom. The van der Waals surface area contributed by atoms with Gasteiger partial charge in [-0.25, -0.2) is 9.50 Å². The molecule has 2 fully saturated rings. The van der Waals surface area contributed by atoms with E-state index in [-0.39, 0.29) is 5.56 Å². The van der Waals surface area contributed by atoms with Crippen molar-refractivity contribution in [2.24, 2.45) is 5.41 Å². The molecule has 4 rings (SSSR count). The average Bonchev–Trinajstić information content (AvgIpc) is 3.22. The van der Waals surface area contributed by atoms with E-state index in [9.17, 15) is 4.79 Å². The first-order valence-corrected chi connectivity index (χ1v) is 8.95. The van der Waals surface area contributed by atoms with Gasteiger partial charge in [-0.15, -0.1) is 0 Å². The molecule has 2 aromatic rings. The molecular formula is C18H23N5O. The highest BCUT2D eigenvalue weighted by molar-refractivity contribution is 5.53. The molecule has 0 radical (unpaired) electrons. The minimum Gasteiger partial charge on any atom is -0.308 e. The summed E-state index contributed by atoms with van der Waals surface area (Å²) in [6, 6.07) is 4.16.